The predicted molar refractivity (Wildman–Crippen MR) is 44.3 cm³/mol. The van der Waals surface area contributed by atoms with E-state index in [9.17, 15) is 5.11 Å². The molecule has 0 bridgehead atoms. The van der Waals surface area contributed by atoms with Gasteiger partial charge in [-0.15, -0.1) is 0 Å². The van der Waals surface area contributed by atoms with Crippen molar-refractivity contribution in [3.8, 4) is 0 Å². The predicted octanol–water partition coefficient (Wildman–Crippen LogP) is 1.35. The van der Waals surface area contributed by atoms with Gasteiger partial charge in [-0.2, -0.15) is 0 Å². The minimum Gasteiger partial charge on any atom is -0.386 e. The molecule has 1 aliphatic heterocycles. The van der Waals surface area contributed by atoms with E-state index in [4.69, 9.17) is 4.74 Å². The summed E-state index contributed by atoms with van der Waals surface area (Å²) < 4.78 is 4.93. The molecule has 1 heterocycles. The van der Waals surface area contributed by atoms with Gasteiger partial charge in [-0.05, 0) is 5.41 Å². The molecular formula is C9H16O2. The molecule has 1 fully saturated rings. The fourth-order valence-corrected chi connectivity index (χ4v) is 0.764. The van der Waals surface area contributed by atoms with E-state index < -0.39 is 6.10 Å². The van der Waals surface area contributed by atoms with Crippen LogP contribution in [0, 0.1) is 5.41 Å². The first-order chi connectivity index (χ1) is 4.99. The van der Waals surface area contributed by atoms with E-state index in [0.717, 1.165) is 0 Å². The van der Waals surface area contributed by atoms with E-state index in [2.05, 4.69) is 20.8 Å². The van der Waals surface area contributed by atoms with Gasteiger partial charge in [0.1, 0.15) is 12.2 Å². The maximum Gasteiger partial charge on any atom is 0.110 e. The summed E-state index contributed by atoms with van der Waals surface area (Å²) in [5.41, 5.74) is 0.149. The van der Waals surface area contributed by atoms with Crippen molar-refractivity contribution in [2.24, 2.45) is 5.41 Å². The number of hydrogen-bond acceptors (Lipinski definition) is 2. The van der Waals surface area contributed by atoms with Crippen molar-refractivity contribution in [2.75, 3.05) is 6.61 Å². The van der Waals surface area contributed by atoms with Crippen molar-refractivity contribution >= 4 is 0 Å². The maximum absolute atomic E-state index is 9.34. The summed E-state index contributed by atoms with van der Waals surface area (Å²) in [6.07, 6.45) is 3.49. The van der Waals surface area contributed by atoms with Crippen LogP contribution in [-0.4, -0.2) is 23.9 Å². The van der Waals surface area contributed by atoms with Crippen LogP contribution in [0.5, 0.6) is 0 Å². The number of allylic oxidation sites excluding steroid dienone is 1. The van der Waals surface area contributed by atoms with Crippen LogP contribution in [0.15, 0.2) is 12.2 Å². The van der Waals surface area contributed by atoms with Crippen molar-refractivity contribution in [1.29, 1.82) is 0 Å². The van der Waals surface area contributed by atoms with Crippen LogP contribution in [0.25, 0.3) is 0 Å². The summed E-state index contributed by atoms with van der Waals surface area (Å²) in [5, 5.41) is 9.34. The first-order valence-electron chi connectivity index (χ1n) is 3.98. The van der Waals surface area contributed by atoms with E-state index >= 15 is 0 Å². The molecule has 1 rings (SSSR count). The molecular weight excluding hydrogens is 140 g/mol. The van der Waals surface area contributed by atoms with Crippen LogP contribution >= 0.6 is 0 Å². The molecule has 1 N–H and O–H groups in total. The Hall–Kier alpha value is -0.340. The largest absolute Gasteiger partial charge is 0.386 e. The molecule has 0 saturated carbocycles. The van der Waals surface area contributed by atoms with Gasteiger partial charge in [-0.25, -0.2) is 0 Å². The molecule has 2 heteroatoms. The lowest BCUT2D eigenvalue weighted by atomic mass is 9.95. The topological polar surface area (TPSA) is 32.8 Å². The summed E-state index contributed by atoms with van der Waals surface area (Å²) >= 11 is 0. The number of aliphatic hydroxyl groups excluding tert-OH is 1. The Morgan fingerprint density at radius 2 is 2.09 bits per heavy atom. The first kappa shape index (κ1) is 8.75. The zero-order valence-electron chi connectivity index (χ0n) is 7.37. The third-order valence-electron chi connectivity index (χ3n) is 1.53. The van der Waals surface area contributed by atoms with E-state index in [1.54, 1.807) is 0 Å². The van der Waals surface area contributed by atoms with Crippen LogP contribution in [0.3, 0.4) is 0 Å². The zero-order valence-corrected chi connectivity index (χ0v) is 7.37. The normalized spacial score (nSPS) is 27.5. The second-order valence-corrected chi connectivity index (χ2v) is 4.09. The average Bonchev–Trinajstić information content (AvgIpc) is 2.61. The van der Waals surface area contributed by atoms with Crippen molar-refractivity contribution in [3.05, 3.63) is 12.2 Å². The lowest BCUT2D eigenvalue weighted by Crippen LogP contribution is -2.12. The Bertz CT molecular complexity index is 151. The molecule has 2 nitrogen and oxygen atoms in total. The Kier molecular flexibility index (Phi) is 2.35. The number of ether oxygens (including phenoxy) is 1. The molecule has 0 amide bonds. The van der Waals surface area contributed by atoms with Gasteiger partial charge in [0, 0.05) is 0 Å². The van der Waals surface area contributed by atoms with Gasteiger partial charge in [0.25, 0.3) is 0 Å². The first-order valence-corrected chi connectivity index (χ1v) is 3.98. The SMILES string of the molecule is CC(C)(C)/C=C/[C@@H](O)[C@@H]1CO1. The number of epoxide rings is 1. The smallest absolute Gasteiger partial charge is 0.110 e. The summed E-state index contributed by atoms with van der Waals surface area (Å²) in [4.78, 5) is 0. The van der Waals surface area contributed by atoms with E-state index in [-0.39, 0.29) is 11.5 Å². The van der Waals surface area contributed by atoms with Crippen LogP contribution in [0.1, 0.15) is 20.8 Å². The molecule has 0 aromatic heterocycles. The third kappa shape index (κ3) is 3.54. The van der Waals surface area contributed by atoms with Crippen LogP contribution in [0.2, 0.25) is 0 Å². The highest BCUT2D eigenvalue weighted by atomic mass is 16.6. The monoisotopic (exact) mass is 156 g/mol. The molecule has 0 unspecified atom stereocenters. The van der Waals surface area contributed by atoms with E-state index in [0.29, 0.717) is 6.61 Å². The van der Waals surface area contributed by atoms with Crippen molar-refractivity contribution in [2.45, 2.75) is 33.0 Å². The lowest BCUT2D eigenvalue weighted by molar-refractivity contribution is 0.177. The van der Waals surface area contributed by atoms with E-state index in [1.807, 2.05) is 12.2 Å². The van der Waals surface area contributed by atoms with Gasteiger partial charge < -0.3 is 9.84 Å². The van der Waals surface area contributed by atoms with Gasteiger partial charge in [-0.3, -0.25) is 0 Å². The molecule has 2 atom stereocenters. The molecule has 11 heavy (non-hydrogen) atoms. The molecule has 0 aromatic carbocycles. The Balaban J connectivity index is 2.33. The summed E-state index contributed by atoms with van der Waals surface area (Å²) in [7, 11) is 0. The van der Waals surface area contributed by atoms with Gasteiger partial charge in [0.15, 0.2) is 0 Å². The third-order valence-corrected chi connectivity index (χ3v) is 1.53. The van der Waals surface area contributed by atoms with Crippen molar-refractivity contribution in [3.63, 3.8) is 0 Å². The highest BCUT2D eigenvalue weighted by Gasteiger charge is 2.29. The van der Waals surface area contributed by atoms with Crippen LogP contribution in [-0.2, 0) is 4.74 Å². The fourth-order valence-electron chi connectivity index (χ4n) is 0.764. The maximum atomic E-state index is 9.34. The number of rotatable bonds is 2. The van der Waals surface area contributed by atoms with Crippen LogP contribution in [0.4, 0.5) is 0 Å². The van der Waals surface area contributed by atoms with Crippen LogP contribution < -0.4 is 0 Å². The minimum atomic E-state index is -0.408. The second-order valence-electron chi connectivity index (χ2n) is 4.09. The molecule has 1 saturated heterocycles. The zero-order chi connectivity index (χ0) is 8.48. The minimum absolute atomic E-state index is 0.0635. The fraction of sp³-hybridized carbons (Fsp3) is 0.778. The summed E-state index contributed by atoms with van der Waals surface area (Å²) in [6, 6.07) is 0. The van der Waals surface area contributed by atoms with Gasteiger partial charge >= 0.3 is 0 Å². The van der Waals surface area contributed by atoms with Gasteiger partial charge in [0.2, 0.25) is 0 Å². The summed E-state index contributed by atoms with van der Waals surface area (Å²) in [5.74, 6) is 0. The van der Waals surface area contributed by atoms with E-state index in [1.165, 1.54) is 0 Å². The summed E-state index contributed by atoms with van der Waals surface area (Å²) in [6.45, 7) is 7.01. The highest BCUT2D eigenvalue weighted by Crippen LogP contribution is 2.19. The highest BCUT2D eigenvalue weighted by molar-refractivity contribution is 5.01. The second kappa shape index (κ2) is 2.95. The molecule has 64 valence electrons. The molecule has 0 spiro atoms. The molecule has 1 aliphatic rings. The lowest BCUT2D eigenvalue weighted by Gasteiger charge is -2.12. The standard InChI is InChI=1S/C9H16O2/c1-9(2,3)5-4-7(10)8-6-11-8/h4-5,7-8,10H,6H2,1-3H3/b5-4+/t7-,8+/m1/s1. The van der Waals surface area contributed by atoms with Crippen molar-refractivity contribution < 1.29 is 9.84 Å². The number of aliphatic hydroxyl groups is 1. The Morgan fingerprint density at radius 3 is 2.45 bits per heavy atom. The Morgan fingerprint density at radius 1 is 1.55 bits per heavy atom. The molecule has 0 radical (unpaired) electrons. The van der Waals surface area contributed by atoms with Gasteiger partial charge in [-0.1, -0.05) is 32.9 Å². The quantitative estimate of drug-likeness (QED) is 0.483. The Labute approximate surface area is 67.9 Å². The average molecular weight is 156 g/mol. The van der Waals surface area contributed by atoms with Gasteiger partial charge in [0.05, 0.1) is 6.61 Å². The van der Waals surface area contributed by atoms with Crippen molar-refractivity contribution in [1.82, 2.24) is 0 Å². The number of hydrogen-bond donors (Lipinski definition) is 1. The molecule has 0 aromatic rings. The molecule has 0 aliphatic carbocycles.